The van der Waals surface area contributed by atoms with Gasteiger partial charge in [0.05, 0.1) is 0 Å². The lowest BCUT2D eigenvalue weighted by atomic mass is 9.99. The number of hydrogen-bond acceptors (Lipinski definition) is 6. The first kappa shape index (κ1) is 66.4. The van der Waals surface area contributed by atoms with Gasteiger partial charge >= 0.3 is 17.9 Å². The number of esters is 3. The van der Waals surface area contributed by atoms with Crippen LogP contribution in [-0.2, 0) is 28.6 Å². The van der Waals surface area contributed by atoms with Gasteiger partial charge in [-0.1, -0.05) is 311 Å². The highest BCUT2D eigenvalue weighted by molar-refractivity contribution is 5.71. The summed E-state index contributed by atoms with van der Waals surface area (Å²) in [5, 5.41) is 0. The molecule has 0 aliphatic heterocycles. The molecule has 0 bridgehead atoms. The molecule has 6 nitrogen and oxygen atoms in total. The van der Waals surface area contributed by atoms with Gasteiger partial charge in [-0.2, -0.15) is 0 Å². The highest BCUT2D eigenvalue weighted by atomic mass is 16.6. The molecular formula is C62H120O6. The van der Waals surface area contributed by atoms with Crippen LogP contribution in [0.15, 0.2) is 0 Å². The number of rotatable bonds is 56. The van der Waals surface area contributed by atoms with E-state index in [0.29, 0.717) is 19.3 Å². The zero-order chi connectivity index (χ0) is 49.6. The third-order valence-electron chi connectivity index (χ3n) is 14.6. The lowest BCUT2D eigenvalue weighted by Gasteiger charge is -2.18. The minimum Gasteiger partial charge on any atom is -0.462 e. The van der Waals surface area contributed by atoms with Crippen LogP contribution in [0.5, 0.6) is 0 Å². The van der Waals surface area contributed by atoms with Crippen molar-refractivity contribution < 1.29 is 28.6 Å². The van der Waals surface area contributed by atoms with Crippen molar-refractivity contribution in [1.82, 2.24) is 0 Å². The molecule has 0 fully saturated rings. The molecule has 404 valence electrons. The van der Waals surface area contributed by atoms with Gasteiger partial charge in [0.1, 0.15) is 13.2 Å². The highest BCUT2D eigenvalue weighted by Gasteiger charge is 2.19. The van der Waals surface area contributed by atoms with Gasteiger partial charge in [0.15, 0.2) is 6.10 Å². The van der Waals surface area contributed by atoms with Gasteiger partial charge in [-0.15, -0.1) is 0 Å². The monoisotopic (exact) mass is 961 g/mol. The maximum Gasteiger partial charge on any atom is 0.306 e. The third-order valence-corrected chi connectivity index (χ3v) is 14.6. The molecule has 0 aliphatic carbocycles. The van der Waals surface area contributed by atoms with E-state index in [1.54, 1.807) is 0 Å². The fraction of sp³-hybridized carbons (Fsp3) is 0.952. The van der Waals surface area contributed by atoms with E-state index in [0.717, 1.165) is 69.6 Å². The third kappa shape index (κ3) is 53.8. The first-order chi connectivity index (χ1) is 33.3. The second-order valence-corrected chi connectivity index (χ2v) is 22.1. The van der Waals surface area contributed by atoms with Gasteiger partial charge in [-0.3, -0.25) is 14.4 Å². The van der Waals surface area contributed by atoms with E-state index in [2.05, 4.69) is 34.6 Å². The smallest absolute Gasteiger partial charge is 0.306 e. The van der Waals surface area contributed by atoms with Crippen LogP contribution in [0, 0.1) is 11.8 Å². The first-order valence-electron chi connectivity index (χ1n) is 30.8. The zero-order valence-electron chi connectivity index (χ0n) is 46.7. The van der Waals surface area contributed by atoms with Crippen LogP contribution < -0.4 is 0 Å². The molecule has 0 rings (SSSR count). The molecule has 0 saturated carbocycles. The minimum absolute atomic E-state index is 0.0622. The fourth-order valence-corrected chi connectivity index (χ4v) is 9.55. The number of carbonyl (C=O) groups is 3. The van der Waals surface area contributed by atoms with Crippen molar-refractivity contribution in [3.8, 4) is 0 Å². The molecule has 0 aromatic rings. The van der Waals surface area contributed by atoms with Crippen LogP contribution in [0.3, 0.4) is 0 Å². The molecule has 0 saturated heterocycles. The van der Waals surface area contributed by atoms with Crippen molar-refractivity contribution >= 4 is 17.9 Å². The summed E-state index contributed by atoms with van der Waals surface area (Å²) in [6, 6.07) is 0. The van der Waals surface area contributed by atoms with Crippen molar-refractivity contribution in [1.29, 1.82) is 0 Å². The molecule has 6 heteroatoms. The summed E-state index contributed by atoms with van der Waals surface area (Å²) in [5.41, 5.74) is 0. The summed E-state index contributed by atoms with van der Waals surface area (Å²) < 4.78 is 16.9. The van der Waals surface area contributed by atoms with E-state index in [9.17, 15) is 14.4 Å². The Morgan fingerprint density at radius 3 is 0.838 bits per heavy atom. The van der Waals surface area contributed by atoms with Gasteiger partial charge in [-0.25, -0.2) is 0 Å². The molecule has 0 heterocycles. The van der Waals surface area contributed by atoms with Crippen LogP contribution >= 0.6 is 0 Å². The summed E-state index contributed by atoms with van der Waals surface area (Å²) >= 11 is 0. The Hall–Kier alpha value is -1.59. The van der Waals surface area contributed by atoms with Gasteiger partial charge in [-0.05, 0) is 31.1 Å². The Balaban J connectivity index is 4.29. The Bertz CT molecular complexity index is 1040. The molecule has 0 spiro atoms. The predicted octanol–water partition coefficient (Wildman–Crippen LogP) is 20.4. The SMILES string of the molecule is CCCCCCCCCCCCCCCCCCCC(=O)OC[C@H](COC(=O)CCCCCCCCCCCCCCCCC(C)CC)OC(=O)CCCCCCCCCCCCCCC(C)C. The van der Waals surface area contributed by atoms with Crippen LogP contribution in [0.4, 0.5) is 0 Å². The number of hydrogen-bond donors (Lipinski definition) is 0. The predicted molar refractivity (Wildman–Crippen MR) is 293 cm³/mol. The van der Waals surface area contributed by atoms with Crippen molar-refractivity contribution in [2.24, 2.45) is 11.8 Å². The maximum absolute atomic E-state index is 12.9. The minimum atomic E-state index is -0.763. The second kappa shape index (κ2) is 54.7. The molecule has 0 aromatic carbocycles. The molecule has 0 N–H and O–H groups in total. The van der Waals surface area contributed by atoms with E-state index >= 15 is 0 Å². The van der Waals surface area contributed by atoms with E-state index in [-0.39, 0.29) is 31.1 Å². The summed E-state index contributed by atoms with van der Waals surface area (Å²) in [7, 11) is 0. The molecule has 0 amide bonds. The summed E-state index contributed by atoms with van der Waals surface area (Å²) in [4.78, 5) is 38.2. The molecule has 68 heavy (non-hydrogen) atoms. The molecule has 0 aromatic heterocycles. The molecule has 0 radical (unpaired) electrons. The van der Waals surface area contributed by atoms with Crippen LogP contribution in [0.1, 0.15) is 349 Å². The van der Waals surface area contributed by atoms with Crippen LogP contribution in [0.25, 0.3) is 0 Å². The maximum atomic E-state index is 12.9. The van der Waals surface area contributed by atoms with E-state index in [4.69, 9.17) is 14.2 Å². The Morgan fingerprint density at radius 1 is 0.309 bits per heavy atom. The van der Waals surface area contributed by atoms with E-state index in [1.165, 1.54) is 238 Å². The van der Waals surface area contributed by atoms with E-state index in [1.807, 2.05) is 0 Å². The molecular weight excluding hydrogens is 841 g/mol. The standard InChI is InChI=1S/C62H120O6/c1-6-8-9-10-11-12-13-14-15-16-17-21-27-32-37-42-47-52-60(63)66-55-59(68-62(65)54-49-44-39-34-29-24-23-25-30-35-40-45-50-57(3)4)56-67-61(64)53-48-43-38-33-28-22-19-18-20-26-31-36-41-46-51-58(5)7-2/h57-59H,6-56H2,1-5H3/t58?,59-/m1/s1. The van der Waals surface area contributed by atoms with Gasteiger partial charge in [0.25, 0.3) is 0 Å². The highest BCUT2D eigenvalue weighted by Crippen LogP contribution is 2.19. The average Bonchev–Trinajstić information content (AvgIpc) is 3.32. The fourth-order valence-electron chi connectivity index (χ4n) is 9.55. The number of carbonyl (C=O) groups excluding carboxylic acids is 3. The van der Waals surface area contributed by atoms with Gasteiger partial charge in [0, 0.05) is 19.3 Å². The molecule has 1 unspecified atom stereocenters. The molecule has 2 atom stereocenters. The second-order valence-electron chi connectivity index (χ2n) is 22.1. The topological polar surface area (TPSA) is 78.9 Å². The van der Waals surface area contributed by atoms with Crippen molar-refractivity contribution in [2.45, 2.75) is 355 Å². The van der Waals surface area contributed by atoms with Crippen LogP contribution in [0.2, 0.25) is 0 Å². The quantitative estimate of drug-likeness (QED) is 0.0343. The lowest BCUT2D eigenvalue weighted by Crippen LogP contribution is -2.30. The Kier molecular flexibility index (Phi) is 53.5. The van der Waals surface area contributed by atoms with E-state index < -0.39 is 6.10 Å². The summed E-state index contributed by atoms with van der Waals surface area (Å²) in [5.74, 6) is 0.893. The zero-order valence-corrected chi connectivity index (χ0v) is 46.7. The molecule has 0 aliphatic rings. The first-order valence-corrected chi connectivity index (χ1v) is 30.8. The van der Waals surface area contributed by atoms with Crippen molar-refractivity contribution in [3.63, 3.8) is 0 Å². The van der Waals surface area contributed by atoms with Gasteiger partial charge in [0.2, 0.25) is 0 Å². The summed E-state index contributed by atoms with van der Waals surface area (Å²) in [6.45, 7) is 11.5. The summed E-state index contributed by atoms with van der Waals surface area (Å²) in [6.07, 6.45) is 59.5. The Morgan fingerprint density at radius 2 is 0.559 bits per heavy atom. The largest absolute Gasteiger partial charge is 0.462 e. The number of ether oxygens (including phenoxy) is 3. The lowest BCUT2D eigenvalue weighted by molar-refractivity contribution is -0.167. The number of unbranched alkanes of at least 4 members (excludes halogenated alkanes) is 40. The van der Waals surface area contributed by atoms with Crippen LogP contribution in [-0.4, -0.2) is 37.2 Å². The average molecular weight is 962 g/mol. The van der Waals surface area contributed by atoms with Crippen molar-refractivity contribution in [3.05, 3.63) is 0 Å². The van der Waals surface area contributed by atoms with Gasteiger partial charge < -0.3 is 14.2 Å². The normalized spacial score (nSPS) is 12.4. The Labute approximate surface area is 425 Å². The van der Waals surface area contributed by atoms with Crippen molar-refractivity contribution in [2.75, 3.05) is 13.2 Å².